The van der Waals surface area contributed by atoms with Crippen molar-refractivity contribution in [3.8, 4) is 0 Å². The van der Waals surface area contributed by atoms with E-state index in [1.807, 2.05) is 0 Å². The van der Waals surface area contributed by atoms with Crippen LogP contribution in [0.25, 0.3) is 0 Å². The molecule has 0 saturated heterocycles. The molecule has 2 aromatic rings. The van der Waals surface area contributed by atoms with Crippen molar-refractivity contribution < 1.29 is 8.42 Å². The highest BCUT2D eigenvalue weighted by atomic mass is 32.2. The molecule has 6 heteroatoms. The molecule has 20 heavy (non-hydrogen) atoms. The molecular formula is C14H17N3O2S. The summed E-state index contributed by atoms with van der Waals surface area (Å²) in [6.45, 7) is 2.16. The van der Waals surface area contributed by atoms with E-state index in [4.69, 9.17) is 5.73 Å². The number of aromatic nitrogens is 1. The smallest absolute Gasteiger partial charge is 0.239 e. The Bertz CT molecular complexity index is 672. The number of sulfonamides is 1. The van der Waals surface area contributed by atoms with Gasteiger partial charge in [0.25, 0.3) is 0 Å². The number of nitrogen functional groups attached to an aromatic ring is 1. The maximum atomic E-state index is 12.5. The molecule has 0 aliphatic heterocycles. The average molecular weight is 291 g/mol. The number of anilines is 2. The normalized spacial score (nSPS) is 11.2. The first-order valence-electron chi connectivity index (χ1n) is 6.28. The molecular weight excluding hydrogens is 274 g/mol. The van der Waals surface area contributed by atoms with Crippen LogP contribution in [0.1, 0.15) is 12.5 Å². The van der Waals surface area contributed by atoms with Crippen LogP contribution in [0.4, 0.5) is 11.4 Å². The van der Waals surface area contributed by atoms with Crippen LogP contribution in [-0.2, 0) is 15.8 Å². The summed E-state index contributed by atoms with van der Waals surface area (Å²) in [6, 6.07) is 10.3. The van der Waals surface area contributed by atoms with Crippen molar-refractivity contribution in [3.05, 3.63) is 54.4 Å². The van der Waals surface area contributed by atoms with Crippen molar-refractivity contribution in [3.63, 3.8) is 0 Å². The SMILES string of the molecule is CCN(c1ccncc1)S(=O)(=O)Cc1ccccc1N. The molecule has 0 spiro atoms. The van der Waals surface area contributed by atoms with Gasteiger partial charge >= 0.3 is 0 Å². The van der Waals surface area contributed by atoms with E-state index >= 15 is 0 Å². The maximum Gasteiger partial charge on any atom is 0.239 e. The molecule has 0 aliphatic rings. The number of hydrogen-bond donors (Lipinski definition) is 1. The Labute approximate surface area is 119 Å². The van der Waals surface area contributed by atoms with Crippen molar-refractivity contribution in [2.75, 3.05) is 16.6 Å². The van der Waals surface area contributed by atoms with Gasteiger partial charge in [-0.1, -0.05) is 18.2 Å². The Kier molecular flexibility index (Phi) is 4.24. The quantitative estimate of drug-likeness (QED) is 0.855. The number of rotatable bonds is 5. The van der Waals surface area contributed by atoms with Gasteiger partial charge in [-0.2, -0.15) is 0 Å². The molecule has 1 aromatic carbocycles. The second-order valence-corrected chi connectivity index (χ2v) is 6.22. The number of para-hydroxylation sites is 1. The van der Waals surface area contributed by atoms with Gasteiger partial charge in [0.2, 0.25) is 10.0 Å². The van der Waals surface area contributed by atoms with Crippen LogP contribution >= 0.6 is 0 Å². The summed E-state index contributed by atoms with van der Waals surface area (Å²) in [5.41, 5.74) is 7.52. The zero-order valence-electron chi connectivity index (χ0n) is 11.2. The second-order valence-electron chi connectivity index (χ2n) is 4.33. The summed E-state index contributed by atoms with van der Waals surface area (Å²) < 4.78 is 26.4. The molecule has 0 amide bonds. The molecule has 0 saturated carbocycles. The van der Waals surface area contributed by atoms with Crippen LogP contribution in [0.2, 0.25) is 0 Å². The highest BCUT2D eigenvalue weighted by molar-refractivity contribution is 7.92. The zero-order chi connectivity index (χ0) is 14.6. The van der Waals surface area contributed by atoms with Gasteiger partial charge in [-0.25, -0.2) is 8.42 Å². The van der Waals surface area contributed by atoms with Gasteiger partial charge in [-0.05, 0) is 30.7 Å². The monoisotopic (exact) mass is 291 g/mol. The van der Waals surface area contributed by atoms with E-state index in [0.29, 0.717) is 23.5 Å². The largest absolute Gasteiger partial charge is 0.398 e. The van der Waals surface area contributed by atoms with Gasteiger partial charge in [0.05, 0.1) is 11.4 Å². The standard InChI is InChI=1S/C14H17N3O2S/c1-2-17(13-7-9-16-10-8-13)20(18,19)11-12-5-3-4-6-14(12)15/h3-10H,2,11,15H2,1H3. The van der Waals surface area contributed by atoms with Crippen LogP contribution in [-0.4, -0.2) is 19.9 Å². The molecule has 1 heterocycles. The third-order valence-electron chi connectivity index (χ3n) is 2.97. The van der Waals surface area contributed by atoms with Crippen molar-refractivity contribution in [1.29, 1.82) is 0 Å². The van der Waals surface area contributed by atoms with Gasteiger partial charge in [0.1, 0.15) is 0 Å². The Balaban J connectivity index is 2.32. The number of hydrogen-bond acceptors (Lipinski definition) is 4. The van der Waals surface area contributed by atoms with Gasteiger partial charge in [0, 0.05) is 24.6 Å². The second kappa shape index (κ2) is 5.92. The van der Waals surface area contributed by atoms with Crippen molar-refractivity contribution in [2.45, 2.75) is 12.7 Å². The van der Waals surface area contributed by atoms with E-state index in [1.54, 1.807) is 55.7 Å². The van der Waals surface area contributed by atoms with Gasteiger partial charge in [-0.15, -0.1) is 0 Å². The molecule has 0 unspecified atom stereocenters. The van der Waals surface area contributed by atoms with Gasteiger partial charge < -0.3 is 5.73 Å². The Morgan fingerprint density at radius 2 is 1.80 bits per heavy atom. The fourth-order valence-electron chi connectivity index (χ4n) is 1.99. The van der Waals surface area contributed by atoms with E-state index in [-0.39, 0.29) is 5.75 Å². The first kappa shape index (κ1) is 14.3. The lowest BCUT2D eigenvalue weighted by Crippen LogP contribution is -2.32. The lowest BCUT2D eigenvalue weighted by atomic mass is 10.2. The fraction of sp³-hybridized carbons (Fsp3) is 0.214. The van der Waals surface area contributed by atoms with Crippen LogP contribution in [0, 0.1) is 0 Å². The predicted molar refractivity (Wildman–Crippen MR) is 80.7 cm³/mol. The molecule has 2 N–H and O–H groups in total. The Morgan fingerprint density at radius 1 is 1.15 bits per heavy atom. The first-order chi connectivity index (χ1) is 9.54. The topological polar surface area (TPSA) is 76.3 Å². The molecule has 0 fully saturated rings. The molecule has 106 valence electrons. The number of benzene rings is 1. The summed E-state index contributed by atoms with van der Waals surface area (Å²) >= 11 is 0. The molecule has 0 radical (unpaired) electrons. The third-order valence-corrected chi connectivity index (χ3v) is 4.78. The average Bonchev–Trinajstić information content (AvgIpc) is 2.43. The van der Waals surface area contributed by atoms with Crippen LogP contribution in [0.5, 0.6) is 0 Å². The lowest BCUT2D eigenvalue weighted by molar-refractivity contribution is 0.591. The van der Waals surface area contributed by atoms with Gasteiger partial charge in [0.15, 0.2) is 0 Å². The van der Waals surface area contributed by atoms with Crippen LogP contribution < -0.4 is 10.0 Å². The summed E-state index contributed by atoms with van der Waals surface area (Å²) in [6.07, 6.45) is 3.15. The number of pyridine rings is 1. The van der Waals surface area contributed by atoms with E-state index in [2.05, 4.69) is 4.98 Å². The van der Waals surface area contributed by atoms with Gasteiger partial charge in [-0.3, -0.25) is 9.29 Å². The van der Waals surface area contributed by atoms with E-state index < -0.39 is 10.0 Å². The molecule has 0 bridgehead atoms. The summed E-state index contributed by atoms with van der Waals surface area (Å²) in [7, 11) is -3.48. The zero-order valence-corrected chi connectivity index (χ0v) is 12.0. The summed E-state index contributed by atoms with van der Waals surface area (Å²) in [4.78, 5) is 3.90. The maximum absolute atomic E-state index is 12.5. The molecule has 2 rings (SSSR count). The van der Waals surface area contributed by atoms with Crippen molar-refractivity contribution in [1.82, 2.24) is 4.98 Å². The van der Waals surface area contributed by atoms with E-state index in [9.17, 15) is 8.42 Å². The summed E-state index contributed by atoms with van der Waals surface area (Å²) in [5, 5.41) is 0. The highest BCUT2D eigenvalue weighted by Crippen LogP contribution is 2.21. The first-order valence-corrected chi connectivity index (χ1v) is 7.89. The van der Waals surface area contributed by atoms with E-state index in [0.717, 1.165) is 0 Å². The molecule has 0 atom stereocenters. The number of nitrogens with two attached hydrogens (primary N) is 1. The highest BCUT2D eigenvalue weighted by Gasteiger charge is 2.22. The van der Waals surface area contributed by atoms with Crippen molar-refractivity contribution in [2.24, 2.45) is 0 Å². The third kappa shape index (κ3) is 3.08. The molecule has 1 aromatic heterocycles. The van der Waals surface area contributed by atoms with Crippen molar-refractivity contribution >= 4 is 21.4 Å². The minimum atomic E-state index is -3.48. The Hall–Kier alpha value is -2.08. The Morgan fingerprint density at radius 3 is 2.40 bits per heavy atom. The minimum Gasteiger partial charge on any atom is -0.398 e. The molecule has 5 nitrogen and oxygen atoms in total. The number of nitrogens with zero attached hydrogens (tertiary/aromatic N) is 2. The fourth-order valence-corrected chi connectivity index (χ4v) is 3.64. The lowest BCUT2D eigenvalue weighted by Gasteiger charge is -2.23. The van der Waals surface area contributed by atoms with E-state index in [1.165, 1.54) is 4.31 Å². The molecule has 0 aliphatic carbocycles. The minimum absolute atomic E-state index is 0.115. The summed E-state index contributed by atoms with van der Waals surface area (Å²) in [5.74, 6) is -0.115. The predicted octanol–water partition coefficient (Wildman–Crippen LogP) is 2.02. The van der Waals surface area contributed by atoms with Crippen LogP contribution in [0.3, 0.4) is 0 Å². The van der Waals surface area contributed by atoms with Crippen LogP contribution in [0.15, 0.2) is 48.8 Å².